The molecule has 4 aromatic rings. The second-order valence-electron chi connectivity index (χ2n) is 11.7. The Bertz CT molecular complexity index is 1580. The molecule has 222 valence electrons. The molecule has 0 spiro atoms. The van der Waals surface area contributed by atoms with Gasteiger partial charge in [-0.3, -0.25) is 0 Å². The van der Waals surface area contributed by atoms with Crippen molar-refractivity contribution in [2.24, 2.45) is 0 Å². The van der Waals surface area contributed by atoms with Gasteiger partial charge < -0.3 is 19.1 Å². The van der Waals surface area contributed by atoms with Crippen LogP contribution in [0.1, 0.15) is 57.4 Å². The van der Waals surface area contributed by atoms with E-state index in [2.05, 4.69) is 11.8 Å². The van der Waals surface area contributed by atoms with E-state index in [9.17, 15) is 4.79 Å². The number of morpholine rings is 1. The molecule has 1 fully saturated rings. The number of ether oxygens (including phenoxy) is 3. The van der Waals surface area contributed by atoms with Crippen LogP contribution in [0.3, 0.4) is 0 Å². The summed E-state index contributed by atoms with van der Waals surface area (Å²) in [5, 5.41) is 2.22. The van der Waals surface area contributed by atoms with Crippen molar-refractivity contribution in [1.82, 2.24) is 4.98 Å². The molecule has 6 nitrogen and oxygen atoms in total. The van der Waals surface area contributed by atoms with E-state index in [1.807, 2.05) is 82.3 Å². The maximum atomic E-state index is 13.4. The molecule has 1 unspecified atom stereocenters. The van der Waals surface area contributed by atoms with Crippen molar-refractivity contribution >= 4 is 55.9 Å². The van der Waals surface area contributed by atoms with Crippen molar-refractivity contribution in [3.05, 3.63) is 81.3 Å². The van der Waals surface area contributed by atoms with Crippen LogP contribution in [0.25, 0.3) is 21.3 Å². The van der Waals surface area contributed by atoms with Gasteiger partial charge in [-0.15, -0.1) is 0 Å². The van der Waals surface area contributed by atoms with Crippen molar-refractivity contribution in [3.8, 4) is 11.1 Å². The lowest BCUT2D eigenvalue weighted by Gasteiger charge is -2.40. The fourth-order valence-corrected chi connectivity index (χ4v) is 6.78. The molecule has 9 heteroatoms. The van der Waals surface area contributed by atoms with Gasteiger partial charge in [0.15, 0.2) is 11.2 Å². The number of benzene rings is 3. The normalized spacial score (nSPS) is 18.3. The number of aromatic nitrogens is 1. The van der Waals surface area contributed by atoms with Crippen molar-refractivity contribution in [2.75, 3.05) is 31.2 Å². The topological polar surface area (TPSA) is 60.9 Å². The van der Waals surface area contributed by atoms with Gasteiger partial charge in [-0.1, -0.05) is 58.8 Å². The number of anilines is 1. The zero-order valence-corrected chi connectivity index (χ0v) is 27.1. The van der Waals surface area contributed by atoms with Gasteiger partial charge in [0.2, 0.25) is 0 Å². The van der Waals surface area contributed by atoms with Crippen molar-refractivity contribution in [1.29, 1.82) is 0 Å². The lowest BCUT2D eigenvalue weighted by Crippen LogP contribution is -2.48. The maximum absolute atomic E-state index is 13.4. The van der Waals surface area contributed by atoms with Gasteiger partial charge in [0.1, 0.15) is 5.60 Å². The van der Waals surface area contributed by atoms with Crippen LogP contribution >= 0.6 is 34.5 Å². The number of rotatable bonds is 7. The predicted octanol–water partition coefficient (Wildman–Crippen LogP) is 8.75. The monoisotopic (exact) mass is 626 g/mol. The predicted molar refractivity (Wildman–Crippen MR) is 172 cm³/mol. The number of carbonyl (C=O) groups is 1. The van der Waals surface area contributed by atoms with E-state index in [0.29, 0.717) is 29.7 Å². The number of esters is 1. The van der Waals surface area contributed by atoms with Gasteiger partial charge in [0, 0.05) is 27.7 Å². The first kappa shape index (κ1) is 30.8. The average molecular weight is 628 g/mol. The quantitative estimate of drug-likeness (QED) is 0.191. The molecule has 0 radical (unpaired) electrons. The Kier molecular flexibility index (Phi) is 8.89. The number of aryl methyl sites for hydroxylation is 1. The highest BCUT2D eigenvalue weighted by Gasteiger charge is 2.37. The average Bonchev–Trinajstić information content (AvgIpc) is 3.35. The Labute approximate surface area is 261 Å². The van der Waals surface area contributed by atoms with Crippen LogP contribution in [0, 0.1) is 6.92 Å². The maximum Gasteiger partial charge on any atom is 0.339 e. The molecule has 1 aromatic heterocycles. The number of carbonyl (C=O) groups excluding carboxylic acids is 1. The number of hydrogen-bond donors (Lipinski definition) is 0. The molecular weight excluding hydrogens is 591 g/mol. The first-order valence-corrected chi connectivity index (χ1v) is 15.6. The lowest BCUT2D eigenvalue weighted by atomic mass is 9.91. The Morgan fingerprint density at radius 2 is 1.76 bits per heavy atom. The van der Waals surface area contributed by atoms with Crippen LogP contribution in [-0.2, 0) is 24.6 Å². The molecule has 1 aliphatic rings. The molecule has 0 saturated carbocycles. The highest BCUT2D eigenvalue weighted by atomic mass is 35.5. The summed E-state index contributed by atoms with van der Waals surface area (Å²) < 4.78 is 19.2. The molecule has 5 rings (SSSR count). The number of hydrogen-bond acceptors (Lipinski definition) is 7. The second-order valence-corrected chi connectivity index (χ2v) is 13.6. The van der Waals surface area contributed by atoms with Crippen molar-refractivity contribution in [3.63, 3.8) is 0 Å². The number of fused-ring (bicyclic) bond motifs is 1. The number of thiazole rings is 1. The van der Waals surface area contributed by atoms with Gasteiger partial charge in [0.25, 0.3) is 0 Å². The van der Waals surface area contributed by atoms with Gasteiger partial charge in [-0.2, -0.15) is 0 Å². The van der Waals surface area contributed by atoms with E-state index in [1.54, 1.807) is 18.3 Å². The minimum atomic E-state index is -0.915. The SMILES string of the molecule is CCOC(=O)[C@@H](OC(C)(C)C)c1c(C)cc2nc(N3CCOC(C)(c4ccc(Cl)cc4)C3)sc2c1-c1ccc(Cl)cc1. The highest BCUT2D eigenvalue weighted by molar-refractivity contribution is 7.22. The fourth-order valence-electron chi connectivity index (χ4n) is 5.38. The summed E-state index contributed by atoms with van der Waals surface area (Å²) >= 11 is 14.1. The summed E-state index contributed by atoms with van der Waals surface area (Å²) in [7, 11) is 0. The number of nitrogens with zero attached hydrogens (tertiary/aromatic N) is 2. The number of halogens is 2. The molecule has 0 bridgehead atoms. The summed E-state index contributed by atoms with van der Waals surface area (Å²) in [5.41, 5.74) is 4.33. The van der Waals surface area contributed by atoms with Gasteiger partial charge in [-0.05, 0) is 88.6 Å². The summed E-state index contributed by atoms with van der Waals surface area (Å²) in [6.07, 6.45) is -0.915. The highest BCUT2D eigenvalue weighted by Crippen LogP contribution is 2.45. The molecule has 42 heavy (non-hydrogen) atoms. The van der Waals surface area contributed by atoms with Crippen LogP contribution in [0.5, 0.6) is 0 Å². The Hall–Kier alpha value is -2.68. The third-order valence-corrected chi connectivity index (χ3v) is 8.94. The van der Waals surface area contributed by atoms with E-state index in [0.717, 1.165) is 43.2 Å². The Balaban J connectivity index is 1.66. The van der Waals surface area contributed by atoms with Crippen LogP contribution in [0.2, 0.25) is 10.0 Å². The zero-order chi connectivity index (χ0) is 30.2. The third-order valence-electron chi connectivity index (χ3n) is 7.28. The minimum absolute atomic E-state index is 0.258. The van der Waals surface area contributed by atoms with Crippen LogP contribution in [0.15, 0.2) is 54.6 Å². The minimum Gasteiger partial charge on any atom is -0.464 e. The summed E-state index contributed by atoms with van der Waals surface area (Å²) in [4.78, 5) is 20.8. The molecular formula is C33H36Cl2N2O4S. The van der Waals surface area contributed by atoms with Gasteiger partial charge in [0.05, 0.1) is 35.6 Å². The van der Waals surface area contributed by atoms with Crippen LogP contribution in [0.4, 0.5) is 5.13 Å². The first-order valence-electron chi connectivity index (χ1n) is 14.1. The van der Waals surface area contributed by atoms with Crippen LogP contribution < -0.4 is 4.90 Å². The molecule has 3 aromatic carbocycles. The Morgan fingerprint density at radius 1 is 1.12 bits per heavy atom. The smallest absolute Gasteiger partial charge is 0.339 e. The molecule has 0 amide bonds. The van der Waals surface area contributed by atoms with E-state index < -0.39 is 23.3 Å². The zero-order valence-electron chi connectivity index (χ0n) is 24.8. The van der Waals surface area contributed by atoms with E-state index in [1.165, 1.54) is 0 Å². The largest absolute Gasteiger partial charge is 0.464 e. The molecule has 1 aliphatic heterocycles. The third kappa shape index (κ3) is 6.46. The summed E-state index contributed by atoms with van der Waals surface area (Å²) in [6.45, 7) is 13.9. The molecule has 0 aliphatic carbocycles. The van der Waals surface area contributed by atoms with E-state index in [4.69, 9.17) is 42.4 Å². The molecule has 1 saturated heterocycles. The van der Waals surface area contributed by atoms with E-state index in [-0.39, 0.29) is 6.61 Å². The molecule has 2 heterocycles. The summed E-state index contributed by atoms with van der Waals surface area (Å²) in [6, 6.07) is 17.5. The fraction of sp³-hybridized carbons (Fsp3) is 0.394. The summed E-state index contributed by atoms with van der Waals surface area (Å²) in [5.74, 6) is -0.415. The van der Waals surface area contributed by atoms with Crippen molar-refractivity contribution in [2.45, 2.75) is 58.8 Å². The van der Waals surface area contributed by atoms with Gasteiger partial charge >= 0.3 is 5.97 Å². The van der Waals surface area contributed by atoms with Crippen LogP contribution in [-0.4, -0.2) is 42.9 Å². The first-order chi connectivity index (χ1) is 19.9. The van der Waals surface area contributed by atoms with Gasteiger partial charge in [-0.25, -0.2) is 9.78 Å². The van der Waals surface area contributed by atoms with Crippen molar-refractivity contribution < 1.29 is 19.0 Å². The lowest BCUT2D eigenvalue weighted by molar-refractivity contribution is -0.166. The molecule has 0 N–H and O–H groups in total. The molecule has 2 atom stereocenters. The second kappa shape index (κ2) is 12.1. The Morgan fingerprint density at radius 3 is 2.38 bits per heavy atom. The standard InChI is InChI=1S/C33H36Cl2N2O4S/c1-7-39-30(38)28(41-32(3,4)5)26-20(2)18-25-29(27(26)21-8-12-23(34)13-9-21)42-31(36-25)37-16-17-40-33(6,19-37)22-10-14-24(35)15-11-22/h8-15,18,28H,7,16-17,19H2,1-6H3/t28-,33?/m0/s1. The van der Waals surface area contributed by atoms with E-state index >= 15 is 0 Å².